The molecule has 0 N–H and O–H groups in total. The predicted molar refractivity (Wildman–Crippen MR) is 143 cm³/mol. The molecule has 0 saturated carbocycles. The molecule has 0 radical (unpaired) electrons. The van der Waals surface area contributed by atoms with Crippen LogP contribution < -0.4 is 14.4 Å². The van der Waals surface area contributed by atoms with E-state index in [1.807, 2.05) is 42.5 Å². The summed E-state index contributed by atoms with van der Waals surface area (Å²) in [5.41, 5.74) is 2.25. The van der Waals surface area contributed by atoms with Crippen molar-refractivity contribution in [2.24, 2.45) is 0 Å². The van der Waals surface area contributed by atoms with Crippen LogP contribution >= 0.6 is 24.0 Å². The molecule has 0 aromatic heterocycles. The number of rotatable bonds is 6. The van der Waals surface area contributed by atoms with Crippen LogP contribution in [0.15, 0.2) is 89.8 Å². The van der Waals surface area contributed by atoms with Crippen LogP contribution in [-0.2, 0) is 11.4 Å². The van der Waals surface area contributed by atoms with Gasteiger partial charge in [0.25, 0.3) is 5.91 Å². The number of anilines is 1. The highest BCUT2D eigenvalue weighted by atomic mass is 32.2. The van der Waals surface area contributed by atoms with E-state index in [2.05, 4.69) is 18.2 Å². The third-order valence-corrected chi connectivity index (χ3v) is 6.91. The maximum atomic E-state index is 13.7. The molecule has 35 heavy (non-hydrogen) atoms. The van der Waals surface area contributed by atoms with E-state index in [0.717, 1.165) is 21.9 Å². The van der Waals surface area contributed by atoms with Gasteiger partial charge in [-0.1, -0.05) is 78.6 Å². The SMILES string of the molecule is COc1cc(/C=C2/SC(=S)N(c3cccc(F)c3)C2=O)ccc1OCc1cccc2ccccc12. The van der Waals surface area contributed by atoms with E-state index in [4.69, 9.17) is 21.7 Å². The van der Waals surface area contributed by atoms with E-state index in [1.54, 1.807) is 25.3 Å². The summed E-state index contributed by atoms with van der Waals surface area (Å²) in [5.74, 6) is 0.440. The predicted octanol–water partition coefficient (Wildman–Crippen LogP) is 6.97. The Balaban J connectivity index is 1.36. The van der Waals surface area contributed by atoms with Gasteiger partial charge in [0, 0.05) is 0 Å². The van der Waals surface area contributed by atoms with Gasteiger partial charge in [-0.25, -0.2) is 4.39 Å². The Morgan fingerprint density at radius 2 is 1.77 bits per heavy atom. The van der Waals surface area contributed by atoms with Gasteiger partial charge in [-0.3, -0.25) is 9.69 Å². The lowest BCUT2D eigenvalue weighted by molar-refractivity contribution is -0.113. The molecule has 4 nitrogen and oxygen atoms in total. The summed E-state index contributed by atoms with van der Waals surface area (Å²) in [5, 5.41) is 2.30. The number of carbonyl (C=O) groups is 1. The van der Waals surface area contributed by atoms with Crippen LogP contribution in [0.1, 0.15) is 11.1 Å². The standard InChI is InChI=1S/C28H20FNO3S2/c1-32-25-14-18(15-26-27(31)30(28(34)35-26)22-10-5-9-21(29)16-22)12-13-24(25)33-17-20-8-4-7-19-6-2-3-11-23(19)20/h2-16H,17H2,1H3/b26-15+. The quantitative estimate of drug-likeness (QED) is 0.211. The Bertz CT molecular complexity index is 1480. The van der Waals surface area contributed by atoms with E-state index < -0.39 is 5.82 Å². The number of carbonyl (C=O) groups excluding carboxylic acids is 1. The molecule has 1 saturated heterocycles. The average molecular weight is 502 g/mol. The summed E-state index contributed by atoms with van der Waals surface area (Å²) in [4.78, 5) is 14.8. The fraction of sp³-hybridized carbons (Fsp3) is 0.0714. The Morgan fingerprint density at radius 3 is 2.60 bits per heavy atom. The van der Waals surface area contributed by atoms with E-state index in [9.17, 15) is 9.18 Å². The van der Waals surface area contributed by atoms with Crippen molar-refractivity contribution >= 4 is 56.7 Å². The van der Waals surface area contributed by atoms with Crippen LogP contribution in [0.5, 0.6) is 11.5 Å². The summed E-state index contributed by atoms with van der Waals surface area (Å²) in [6.07, 6.45) is 1.75. The number of nitrogens with zero attached hydrogens (tertiary/aromatic N) is 1. The third kappa shape index (κ3) is 4.78. The second-order valence-corrected chi connectivity index (χ2v) is 9.51. The Morgan fingerprint density at radius 1 is 0.971 bits per heavy atom. The van der Waals surface area contributed by atoms with Crippen molar-refractivity contribution in [3.8, 4) is 11.5 Å². The molecule has 1 fully saturated rings. The van der Waals surface area contributed by atoms with Gasteiger partial charge in [0.05, 0.1) is 17.7 Å². The van der Waals surface area contributed by atoms with Crippen LogP contribution in [0.3, 0.4) is 0 Å². The van der Waals surface area contributed by atoms with Crippen LogP contribution in [0.2, 0.25) is 0 Å². The number of amides is 1. The van der Waals surface area contributed by atoms with Gasteiger partial charge in [0.2, 0.25) is 0 Å². The van der Waals surface area contributed by atoms with Crippen molar-refractivity contribution in [1.82, 2.24) is 0 Å². The lowest BCUT2D eigenvalue weighted by Gasteiger charge is -2.14. The van der Waals surface area contributed by atoms with Crippen molar-refractivity contribution in [3.63, 3.8) is 0 Å². The number of ether oxygens (including phenoxy) is 2. The van der Waals surface area contributed by atoms with E-state index >= 15 is 0 Å². The molecular weight excluding hydrogens is 481 g/mol. The molecule has 0 atom stereocenters. The van der Waals surface area contributed by atoms with Gasteiger partial charge in [0.15, 0.2) is 15.8 Å². The van der Waals surface area contributed by atoms with Gasteiger partial charge in [-0.05, 0) is 58.3 Å². The average Bonchev–Trinajstić information content (AvgIpc) is 3.15. The second kappa shape index (κ2) is 9.90. The molecule has 0 spiro atoms. The monoisotopic (exact) mass is 501 g/mol. The summed E-state index contributed by atoms with van der Waals surface area (Å²) >= 11 is 6.56. The van der Waals surface area contributed by atoms with Crippen LogP contribution in [0.4, 0.5) is 10.1 Å². The lowest BCUT2D eigenvalue weighted by atomic mass is 10.1. The second-order valence-electron chi connectivity index (χ2n) is 7.83. The highest BCUT2D eigenvalue weighted by molar-refractivity contribution is 8.27. The van der Waals surface area contributed by atoms with Crippen molar-refractivity contribution in [1.29, 1.82) is 0 Å². The fourth-order valence-corrected chi connectivity index (χ4v) is 5.22. The number of halogens is 1. The first-order valence-electron chi connectivity index (χ1n) is 10.8. The zero-order valence-electron chi connectivity index (χ0n) is 18.7. The molecule has 4 aromatic rings. The number of benzene rings is 4. The fourth-order valence-electron chi connectivity index (χ4n) is 3.92. The molecular formula is C28H20FNO3S2. The number of fused-ring (bicyclic) bond motifs is 1. The molecule has 1 amide bonds. The summed E-state index contributed by atoms with van der Waals surface area (Å²) < 4.78 is 25.7. The first-order chi connectivity index (χ1) is 17.0. The topological polar surface area (TPSA) is 38.8 Å². The third-order valence-electron chi connectivity index (χ3n) is 5.61. The number of methoxy groups -OCH3 is 1. The highest BCUT2D eigenvalue weighted by Crippen LogP contribution is 2.37. The molecule has 0 bridgehead atoms. The van der Waals surface area contributed by atoms with Gasteiger partial charge in [0.1, 0.15) is 12.4 Å². The normalized spacial score (nSPS) is 14.7. The van der Waals surface area contributed by atoms with Crippen molar-refractivity contribution in [2.45, 2.75) is 6.61 Å². The maximum absolute atomic E-state index is 13.7. The van der Waals surface area contributed by atoms with Gasteiger partial charge < -0.3 is 9.47 Å². The molecule has 1 aliphatic rings. The van der Waals surface area contributed by atoms with E-state index in [1.165, 1.54) is 28.8 Å². The van der Waals surface area contributed by atoms with Crippen LogP contribution in [-0.4, -0.2) is 17.3 Å². The minimum absolute atomic E-state index is 0.291. The molecule has 1 aliphatic heterocycles. The van der Waals surface area contributed by atoms with Crippen LogP contribution in [0.25, 0.3) is 16.8 Å². The minimum atomic E-state index is -0.427. The first kappa shape index (κ1) is 23.1. The van der Waals surface area contributed by atoms with E-state index in [-0.39, 0.29) is 5.91 Å². The zero-order valence-corrected chi connectivity index (χ0v) is 20.4. The van der Waals surface area contributed by atoms with E-state index in [0.29, 0.717) is 33.0 Å². The number of hydrogen-bond acceptors (Lipinski definition) is 5. The Hall–Kier alpha value is -3.68. The Kier molecular flexibility index (Phi) is 6.53. The lowest BCUT2D eigenvalue weighted by Crippen LogP contribution is -2.27. The van der Waals surface area contributed by atoms with Gasteiger partial charge in [-0.15, -0.1) is 0 Å². The van der Waals surface area contributed by atoms with Crippen molar-refractivity contribution in [2.75, 3.05) is 12.0 Å². The van der Waals surface area contributed by atoms with Crippen molar-refractivity contribution in [3.05, 3.63) is 107 Å². The summed E-state index contributed by atoms with van der Waals surface area (Å²) in [7, 11) is 1.58. The maximum Gasteiger partial charge on any atom is 0.270 e. The molecule has 5 rings (SSSR count). The number of thiocarbonyl (C=S) groups is 1. The van der Waals surface area contributed by atoms with Crippen LogP contribution in [0, 0.1) is 5.82 Å². The highest BCUT2D eigenvalue weighted by Gasteiger charge is 2.33. The molecule has 7 heteroatoms. The zero-order chi connectivity index (χ0) is 24.4. The summed E-state index contributed by atoms with van der Waals surface area (Å²) in [6, 6.07) is 25.6. The number of hydrogen-bond donors (Lipinski definition) is 0. The van der Waals surface area contributed by atoms with Crippen molar-refractivity contribution < 1.29 is 18.7 Å². The molecule has 1 heterocycles. The number of thioether (sulfide) groups is 1. The van der Waals surface area contributed by atoms with Gasteiger partial charge in [-0.2, -0.15) is 0 Å². The minimum Gasteiger partial charge on any atom is -0.493 e. The molecule has 174 valence electrons. The summed E-state index contributed by atoms with van der Waals surface area (Å²) in [6.45, 7) is 0.392. The molecule has 4 aromatic carbocycles. The molecule has 0 unspecified atom stereocenters. The van der Waals surface area contributed by atoms with Gasteiger partial charge >= 0.3 is 0 Å². The Labute approximate surface area is 212 Å². The first-order valence-corrected chi connectivity index (χ1v) is 12.1. The largest absolute Gasteiger partial charge is 0.493 e. The smallest absolute Gasteiger partial charge is 0.270 e. The molecule has 0 aliphatic carbocycles.